The van der Waals surface area contributed by atoms with Crippen molar-refractivity contribution in [2.75, 3.05) is 25.6 Å². The summed E-state index contributed by atoms with van der Waals surface area (Å²) in [5, 5.41) is 9.26. The van der Waals surface area contributed by atoms with Crippen molar-refractivity contribution in [3.63, 3.8) is 0 Å². The number of ether oxygens (including phenoxy) is 2. The molecule has 0 radical (unpaired) electrons. The van der Waals surface area contributed by atoms with Crippen molar-refractivity contribution >= 4 is 33.3 Å². The molecule has 7 nitrogen and oxygen atoms in total. The Labute approximate surface area is 150 Å². The number of carboxylic acid groups (broad SMARTS) is 1. The summed E-state index contributed by atoms with van der Waals surface area (Å²) in [5.41, 5.74) is 0.0585. The molecule has 0 fully saturated rings. The van der Waals surface area contributed by atoms with Crippen molar-refractivity contribution in [2.45, 2.75) is 4.90 Å². The number of halogens is 1. The summed E-state index contributed by atoms with van der Waals surface area (Å²) >= 11 is 6.09. The molecule has 0 aliphatic carbocycles. The number of nitrogens with zero attached hydrogens (tertiary/aromatic N) is 1. The summed E-state index contributed by atoms with van der Waals surface area (Å²) in [5.74, 6) is -0.646. The maximum atomic E-state index is 12.8. The van der Waals surface area contributed by atoms with E-state index in [9.17, 15) is 13.2 Å². The van der Waals surface area contributed by atoms with Gasteiger partial charge in [0.15, 0.2) is 0 Å². The number of anilines is 1. The maximum absolute atomic E-state index is 12.8. The van der Waals surface area contributed by atoms with Crippen molar-refractivity contribution in [3.8, 4) is 11.5 Å². The number of sulfonamides is 1. The predicted molar refractivity (Wildman–Crippen MR) is 93.5 cm³/mol. The van der Waals surface area contributed by atoms with E-state index in [2.05, 4.69) is 0 Å². The van der Waals surface area contributed by atoms with Crippen LogP contribution in [0.1, 0.15) is 10.4 Å². The van der Waals surface area contributed by atoms with Crippen LogP contribution >= 0.6 is 11.6 Å². The molecule has 0 saturated heterocycles. The summed E-state index contributed by atoms with van der Waals surface area (Å²) in [6.45, 7) is 0. The van der Waals surface area contributed by atoms with Crippen LogP contribution in [0.25, 0.3) is 0 Å². The van der Waals surface area contributed by atoms with E-state index in [1.165, 1.54) is 51.6 Å². The summed E-state index contributed by atoms with van der Waals surface area (Å²) in [4.78, 5) is 10.9. The molecule has 9 heteroatoms. The average Bonchev–Trinajstić information content (AvgIpc) is 2.60. The van der Waals surface area contributed by atoms with Crippen molar-refractivity contribution in [3.05, 3.63) is 47.0 Å². The Hall–Kier alpha value is -2.45. The molecular formula is C16H16ClNO6S. The van der Waals surface area contributed by atoms with Gasteiger partial charge in [0.2, 0.25) is 0 Å². The highest BCUT2D eigenvalue weighted by Gasteiger charge is 2.26. The first-order valence-electron chi connectivity index (χ1n) is 6.96. The molecule has 0 heterocycles. The second-order valence-electron chi connectivity index (χ2n) is 4.96. The molecule has 2 rings (SSSR count). The van der Waals surface area contributed by atoms with Gasteiger partial charge in [-0.05, 0) is 24.3 Å². The molecule has 0 bridgehead atoms. The normalized spacial score (nSPS) is 11.0. The SMILES string of the molecule is COc1cc(OC)c(N(C)S(=O)(=O)c2cccc(C(=O)O)c2)cc1Cl. The average molecular weight is 386 g/mol. The summed E-state index contributed by atoms with van der Waals surface area (Å²) < 4.78 is 37.0. The Bertz CT molecular complexity index is 913. The van der Waals surface area contributed by atoms with Crippen LogP contribution in [0.4, 0.5) is 5.69 Å². The van der Waals surface area contributed by atoms with Gasteiger partial charge < -0.3 is 14.6 Å². The van der Waals surface area contributed by atoms with Gasteiger partial charge in [-0.1, -0.05) is 17.7 Å². The van der Waals surface area contributed by atoms with Gasteiger partial charge in [0, 0.05) is 13.1 Å². The molecule has 0 amide bonds. The summed E-state index contributed by atoms with van der Waals surface area (Å²) in [6.07, 6.45) is 0. The van der Waals surface area contributed by atoms with Gasteiger partial charge in [0.25, 0.3) is 10.0 Å². The molecule has 0 unspecified atom stereocenters. The Kier molecular flexibility index (Phi) is 5.44. The number of hydrogen-bond donors (Lipinski definition) is 1. The highest BCUT2D eigenvalue weighted by molar-refractivity contribution is 7.92. The molecule has 2 aromatic rings. The minimum atomic E-state index is -4.03. The number of carboxylic acids is 1. The van der Waals surface area contributed by atoms with Crippen LogP contribution in [0.3, 0.4) is 0 Å². The topological polar surface area (TPSA) is 93.1 Å². The summed E-state index contributed by atoms with van der Waals surface area (Å²) in [7, 11) is 0.112. The third kappa shape index (κ3) is 3.64. The summed E-state index contributed by atoms with van der Waals surface area (Å²) in [6, 6.07) is 7.95. The van der Waals surface area contributed by atoms with Gasteiger partial charge in [-0.2, -0.15) is 0 Å². The van der Waals surface area contributed by atoms with Crippen LogP contribution in [0.2, 0.25) is 5.02 Å². The molecule has 25 heavy (non-hydrogen) atoms. The lowest BCUT2D eigenvalue weighted by molar-refractivity contribution is 0.0696. The van der Waals surface area contributed by atoms with Gasteiger partial charge in [-0.15, -0.1) is 0 Å². The van der Waals surface area contributed by atoms with Crippen molar-refractivity contribution < 1.29 is 27.8 Å². The number of aromatic carboxylic acids is 1. The fourth-order valence-corrected chi connectivity index (χ4v) is 3.65. The van der Waals surface area contributed by atoms with Crippen molar-refractivity contribution in [1.29, 1.82) is 0 Å². The molecule has 134 valence electrons. The first-order chi connectivity index (χ1) is 11.7. The van der Waals surface area contributed by atoms with Crippen LogP contribution < -0.4 is 13.8 Å². The van der Waals surface area contributed by atoms with Crippen LogP contribution in [0.5, 0.6) is 11.5 Å². The smallest absolute Gasteiger partial charge is 0.335 e. The number of rotatable bonds is 6. The molecular weight excluding hydrogens is 370 g/mol. The standard InChI is InChI=1S/C16H16ClNO6S/c1-18(13-8-12(17)14(23-2)9-15(13)24-3)25(21,22)11-6-4-5-10(7-11)16(19)20/h4-9H,1-3H3,(H,19,20). The molecule has 0 aliphatic rings. The minimum absolute atomic E-state index is 0.130. The van der Waals surface area contributed by atoms with E-state index >= 15 is 0 Å². The van der Waals surface area contributed by atoms with Gasteiger partial charge in [0.1, 0.15) is 11.5 Å². The molecule has 0 spiro atoms. The van der Waals surface area contributed by atoms with Gasteiger partial charge >= 0.3 is 5.97 Å². The number of methoxy groups -OCH3 is 2. The lowest BCUT2D eigenvalue weighted by Crippen LogP contribution is -2.27. The lowest BCUT2D eigenvalue weighted by Gasteiger charge is -2.22. The first-order valence-corrected chi connectivity index (χ1v) is 8.78. The highest BCUT2D eigenvalue weighted by atomic mass is 35.5. The zero-order valence-electron chi connectivity index (χ0n) is 13.7. The lowest BCUT2D eigenvalue weighted by atomic mass is 10.2. The van der Waals surface area contributed by atoms with E-state index in [4.69, 9.17) is 26.2 Å². The predicted octanol–water partition coefficient (Wildman–Crippen LogP) is 2.88. The third-order valence-electron chi connectivity index (χ3n) is 3.53. The fourth-order valence-electron chi connectivity index (χ4n) is 2.17. The Morgan fingerprint density at radius 1 is 1.12 bits per heavy atom. The van der Waals surface area contributed by atoms with Crippen molar-refractivity contribution in [2.24, 2.45) is 0 Å². The molecule has 0 saturated carbocycles. The highest BCUT2D eigenvalue weighted by Crippen LogP contribution is 2.39. The van der Waals surface area contributed by atoms with Crippen LogP contribution in [0, 0.1) is 0 Å². The monoisotopic (exact) mass is 385 g/mol. The molecule has 0 aliphatic heterocycles. The second kappa shape index (κ2) is 7.20. The van der Waals surface area contributed by atoms with Crippen LogP contribution in [0.15, 0.2) is 41.3 Å². The van der Waals surface area contributed by atoms with Crippen LogP contribution in [-0.4, -0.2) is 40.8 Å². The van der Waals surface area contributed by atoms with Gasteiger partial charge in [-0.3, -0.25) is 4.31 Å². The molecule has 0 atom stereocenters. The zero-order chi connectivity index (χ0) is 18.8. The number of hydrogen-bond acceptors (Lipinski definition) is 5. The minimum Gasteiger partial charge on any atom is -0.495 e. The molecule has 0 aromatic heterocycles. The first kappa shape index (κ1) is 18.9. The maximum Gasteiger partial charge on any atom is 0.335 e. The van der Waals surface area contributed by atoms with Crippen molar-refractivity contribution in [1.82, 2.24) is 0 Å². The Morgan fingerprint density at radius 3 is 2.32 bits per heavy atom. The van der Waals surface area contributed by atoms with E-state index < -0.39 is 16.0 Å². The number of carbonyl (C=O) groups is 1. The largest absolute Gasteiger partial charge is 0.495 e. The van der Waals surface area contributed by atoms with E-state index in [-0.39, 0.29) is 26.9 Å². The van der Waals surface area contributed by atoms with E-state index in [1.54, 1.807) is 0 Å². The van der Waals surface area contributed by atoms with Crippen LogP contribution in [-0.2, 0) is 10.0 Å². The second-order valence-corrected chi connectivity index (χ2v) is 7.34. The Balaban J connectivity index is 2.56. The zero-order valence-corrected chi connectivity index (χ0v) is 15.3. The quantitative estimate of drug-likeness (QED) is 0.821. The van der Waals surface area contributed by atoms with E-state index in [0.717, 1.165) is 10.4 Å². The number of benzene rings is 2. The third-order valence-corrected chi connectivity index (χ3v) is 5.59. The fraction of sp³-hybridized carbons (Fsp3) is 0.188. The van der Waals surface area contributed by atoms with Gasteiger partial charge in [0.05, 0.1) is 35.4 Å². The van der Waals surface area contributed by atoms with E-state index in [1.807, 2.05) is 0 Å². The molecule has 2 aromatic carbocycles. The van der Waals surface area contributed by atoms with E-state index in [0.29, 0.717) is 5.75 Å². The Morgan fingerprint density at radius 2 is 1.76 bits per heavy atom. The van der Waals surface area contributed by atoms with Gasteiger partial charge in [-0.25, -0.2) is 13.2 Å². The molecule has 1 N–H and O–H groups in total.